The SMILES string of the molecule is CCC(C)(O)CNCC1CCC(C)O1. The third kappa shape index (κ3) is 3.95. The van der Waals surface area contributed by atoms with E-state index in [9.17, 15) is 5.11 Å². The molecule has 0 aliphatic carbocycles. The van der Waals surface area contributed by atoms with E-state index in [0.717, 1.165) is 25.8 Å². The van der Waals surface area contributed by atoms with Crippen LogP contribution < -0.4 is 5.32 Å². The molecule has 0 spiro atoms. The normalized spacial score (nSPS) is 31.7. The molecule has 1 aliphatic rings. The number of aliphatic hydroxyl groups is 1. The number of hydrogen-bond donors (Lipinski definition) is 2. The molecule has 0 aromatic heterocycles. The van der Waals surface area contributed by atoms with E-state index in [-0.39, 0.29) is 0 Å². The summed E-state index contributed by atoms with van der Waals surface area (Å²) in [7, 11) is 0. The Balaban J connectivity index is 2.10. The van der Waals surface area contributed by atoms with Crippen molar-refractivity contribution in [3.05, 3.63) is 0 Å². The van der Waals surface area contributed by atoms with Crippen LogP contribution in [-0.2, 0) is 4.74 Å². The molecule has 0 aromatic rings. The van der Waals surface area contributed by atoms with Crippen molar-refractivity contribution in [3.8, 4) is 0 Å². The monoisotopic (exact) mass is 201 g/mol. The first kappa shape index (κ1) is 12.0. The lowest BCUT2D eigenvalue weighted by Crippen LogP contribution is -2.40. The Morgan fingerprint density at radius 1 is 1.50 bits per heavy atom. The molecule has 1 fully saturated rings. The van der Waals surface area contributed by atoms with E-state index in [2.05, 4.69) is 12.2 Å². The van der Waals surface area contributed by atoms with Gasteiger partial charge in [-0.3, -0.25) is 0 Å². The molecular weight excluding hydrogens is 178 g/mol. The Bertz CT molecular complexity index is 171. The van der Waals surface area contributed by atoms with Gasteiger partial charge in [0.05, 0.1) is 17.8 Å². The Hall–Kier alpha value is -0.120. The summed E-state index contributed by atoms with van der Waals surface area (Å²) in [6.45, 7) is 7.48. The van der Waals surface area contributed by atoms with Crippen LogP contribution in [0.5, 0.6) is 0 Å². The predicted octanol–water partition coefficient (Wildman–Crippen LogP) is 1.30. The average Bonchev–Trinajstić information content (AvgIpc) is 2.51. The maximum Gasteiger partial charge on any atom is 0.0741 e. The summed E-state index contributed by atoms with van der Waals surface area (Å²) in [5.41, 5.74) is -0.579. The van der Waals surface area contributed by atoms with Gasteiger partial charge in [0.2, 0.25) is 0 Å². The van der Waals surface area contributed by atoms with Gasteiger partial charge >= 0.3 is 0 Å². The van der Waals surface area contributed by atoms with Crippen molar-refractivity contribution < 1.29 is 9.84 Å². The molecule has 1 aliphatic heterocycles. The summed E-state index contributed by atoms with van der Waals surface area (Å²) in [5, 5.41) is 13.0. The minimum absolute atomic E-state index is 0.345. The van der Waals surface area contributed by atoms with Crippen LogP contribution in [0.3, 0.4) is 0 Å². The van der Waals surface area contributed by atoms with Crippen LogP contribution in [0.15, 0.2) is 0 Å². The molecule has 0 radical (unpaired) electrons. The van der Waals surface area contributed by atoms with Gasteiger partial charge in [-0.05, 0) is 33.1 Å². The van der Waals surface area contributed by atoms with Gasteiger partial charge in [-0.2, -0.15) is 0 Å². The van der Waals surface area contributed by atoms with E-state index in [0.29, 0.717) is 18.8 Å². The molecule has 3 unspecified atom stereocenters. The minimum atomic E-state index is -0.579. The summed E-state index contributed by atoms with van der Waals surface area (Å²) in [6, 6.07) is 0. The highest BCUT2D eigenvalue weighted by molar-refractivity contribution is 4.77. The molecule has 1 saturated heterocycles. The Labute approximate surface area is 86.8 Å². The van der Waals surface area contributed by atoms with Crippen molar-refractivity contribution in [1.82, 2.24) is 5.32 Å². The lowest BCUT2D eigenvalue weighted by atomic mass is 10.0. The van der Waals surface area contributed by atoms with Crippen molar-refractivity contribution in [2.24, 2.45) is 0 Å². The molecule has 0 saturated carbocycles. The molecule has 3 atom stereocenters. The van der Waals surface area contributed by atoms with Crippen LogP contribution in [0, 0.1) is 0 Å². The summed E-state index contributed by atoms with van der Waals surface area (Å²) in [6.07, 6.45) is 3.84. The fourth-order valence-corrected chi connectivity index (χ4v) is 1.66. The van der Waals surface area contributed by atoms with Gasteiger partial charge in [0.15, 0.2) is 0 Å². The molecular formula is C11H23NO2. The van der Waals surface area contributed by atoms with Crippen LogP contribution in [0.2, 0.25) is 0 Å². The van der Waals surface area contributed by atoms with Crippen molar-refractivity contribution in [1.29, 1.82) is 0 Å². The zero-order valence-corrected chi connectivity index (χ0v) is 9.55. The molecule has 1 rings (SSSR count). The van der Waals surface area contributed by atoms with Gasteiger partial charge in [0.1, 0.15) is 0 Å². The quantitative estimate of drug-likeness (QED) is 0.704. The molecule has 0 amide bonds. The van der Waals surface area contributed by atoms with Gasteiger partial charge in [0, 0.05) is 13.1 Å². The Kier molecular flexibility index (Phi) is 4.35. The van der Waals surface area contributed by atoms with Crippen LogP contribution in [0.4, 0.5) is 0 Å². The van der Waals surface area contributed by atoms with Crippen molar-refractivity contribution in [2.45, 2.75) is 57.8 Å². The smallest absolute Gasteiger partial charge is 0.0741 e. The largest absolute Gasteiger partial charge is 0.389 e. The van der Waals surface area contributed by atoms with Crippen molar-refractivity contribution in [2.75, 3.05) is 13.1 Å². The maximum atomic E-state index is 9.75. The number of ether oxygens (including phenoxy) is 1. The van der Waals surface area contributed by atoms with E-state index in [4.69, 9.17) is 4.74 Å². The summed E-state index contributed by atoms with van der Waals surface area (Å²) in [4.78, 5) is 0. The van der Waals surface area contributed by atoms with Crippen LogP contribution in [-0.4, -0.2) is 36.0 Å². The molecule has 2 N–H and O–H groups in total. The Morgan fingerprint density at radius 3 is 2.71 bits per heavy atom. The third-order valence-corrected chi connectivity index (χ3v) is 2.96. The van der Waals surface area contributed by atoms with E-state index >= 15 is 0 Å². The molecule has 0 bridgehead atoms. The molecule has 14 heavy (non-hydrogen) atoms. The first-order valence-corrected chi connectivity index (χ1v) is 5.62. The second-order valence-electron chi connectivity index (χ2n) is 4.63. The zero-order valence-electron chi connectivity index (χ0n) is 9.55. The zero-order chi connectivity index (χ0) is 10.6. The molecule has 3 heteroatoms. The van der Waals surface area contributed by atoms with Gasteiger partial charge < -0.3 is 15.2 Å². The lowest BCUT2D eigenvalue weighted by molar-refractivity contribution is 0.0363. The van der Waals surface area contributed by atoms with Crippen LogP contribution >= 0.6 is 0 Å². The fourth-order valence-electron chi connectivity index (χ4n) is 1.66. The Morgan fingerprint density at radius 2 is 2.21 bits per heavy atom. The van der Waals surface area contributed by atoms with Crippen LogP contribution in [0.1, 0.15) is 40.0 Å². The lowest BCUT2D eigenvalue weighted by Gasteiger charge is -2.22. The summed E-state index contributed by atoms with van der Waals surface area (Å²) < 4.78 is 5.67. The van der Waals surface area contributed by atoms with Gasteiger partial charge in [-0.25, -0.2) is 0 Å². The first-order valence-electron chi connectivity index (χ1n) is 5.62. The van der Waals surface area contributed by atoms with E-state index in [1.54, 1.807) is 0 Å². The third-order valence-electron chi connectivity index (χ3n) is 2.96. The van der Waals surface area contributed by atoms with Crippen molar-refractivity contribution >= 4 is 0 Å². The summed E-state index contributed by atoms with van der Waals surface area (Å²) >= 11 is 0. The van der Waals surface area contributed by atoms with Crippen molar-refractivity contribution in [3.63, 3.8) is 0 Å². The topological polar surface area (TPSA) is 41.5 Å². The highest BCUT2D eigenvalue weighted by Gasteiger charge is 2.22. The van der Waals surface area contributed by atoms with E-state index in [1.807, 2.05) is 13.8 Å². The molecule has 3 nitrogen and oxygen atoms in total. The molecule has 0 aromatic carbocycles. The summed E-state index contributed by atoms with van der Waals surface area (Å²) in [5.74, 6) is 0. The van der Waals surface area contributed by atoms with E-state index in [1.165, 1.54) is 0 Å². The first-order chi connectivity index (χ1) is 6.53. The molecule has 84 valence electrons. The minimum Gasteiger partial charge on any atom is -0.389 e. The molecule has 1 heterocycles. The highest BCUT2D eigenvalue weighted by atomic mass is 16.5. The van der Waals surface area contributed by atoms with Crippen LogP contribution in [0.25, 0.3) is 0 Å². The van der Waals surface area contributed by atoms with E-state index < -0.39 is 5.60 Å². The number of hydrogen-bond acceptors (Lipinski definition) is 3. The number of nitrogens with one attached hydrogen (secondary N) is 1. The average molecular weight is 201 g/mol. The standard InChI is InChI=1S/C11H23NO2/c1-4-11(3,13)8-12-7-10-6-5-9(2)14-10/h9-10,12-13H,4-8H2,1-3H3. The second-order valence-corrected chi connectivity index (χ2v) is 4.63. The van der Waals surface area contributed by atoms with Gasteiger partial charge in [-0.15, -0.1) is 0 Å². The van der Waals surface area contributed by atoms with Gasteiger partial charge in [0.25, 0.3) is 0 Å². The second kappa shape index (κ2) is 5.10. The maximum absolute atomic E-state index is 9.75. The fraction of sp³-hybridized carbons (Fsp3) is 1.00. The highest BCUT2D eigenvalue weighted by Crippen LogP contribution is 2.18. The number of rotatable bonds is 5. The van der Waals surface area contributed by atoms with Gasteiger partial charge in [-0.1, -0.05) is 6.92 Å². The predicted molar refractivity (Wildman–Crippen MR) is 57.4 cm³/mol.